The van der Waals surface area contributed by atoms with Crippen molar-refractivity contribution < 1.29 is 4.74 Å². The molecular formula is C16H26N2O. The van der Waals surface area contributed by atoms with Crippen LogP contribution in [0.2, 0.25) is 0 Å². The fourth-order valence-electron chi connectivity index (χ4n) is 3.01. The highest BCUT2D eigenvalue weighted by Gasteiger charge is 2.32. The molecule has 0 radical (unpaired) electrons. The van der Waals surface area contributed by atoms with Crippen LogP contribution in [-0.4, -0.2) is 37.2 Å². The number of likely N-dealkylation sites (tertiary alicyclic amines) is 1. The van der Waals surface area contributed by atoms with Crippen LogP contribution in [0.15, 0.2) is 24.3 Å². The van der Waals surface area contributed by atoms with Crippen molar-refractivity contribution in [2.24, 2.45) is 5.73 Å². The minimum Gasteiger partial charge on any atom is -0.380 e. The first-order chi connectivity index (χ1) is 9.15. The fourth-order valence-corrected chi connectivity index (χ4v) is 3.01. The van der Waals surface area contributed by atoms with Crippen molar-refractivity contribution in [3.63, 3.8) is 0 Å². The van der Waals surface area contributed by atoms with Gasteiger partial charge in [-0.15, -0.1) is 0 Å². The first-order valence-electron chi connectivity index (χ1n) is 7.24. The number of aryl methyl sites for hydroxylation is 1. The highest BCUT2D eigenvalue weighted by molar-refractivity contribution is 5.26. The van der Waals surface area contributed by atoms with E-state index in [4.69, 9.17) is 10.5 Å². The molecule has 1 heterocycles. The fraction of sp³-hybridized carbons (Fsp3) is 0.625. The maximum atomic E-state index is 6.38. The number of ether oxygens (including phenoxy) is 1. The largest absolute Gasteiger partial charge is 0.380 e. The molecule has 0 spiro atoms. The Bertz CT molecular complexity index is 407. The van der Waals surface area contributed by atoms with Crippen LogP contribution in [0.5, 0.6) is 0 Å². The third-order valence-corrected chi connectivity index (χ3v) is 4.16. The quantitative estimate of drug-likeness (QED) is 0.886. The van der Waals surface area contributed by atoms with Crippen molar-refractivity contribution in [3.8, 4) is 0 Å². The molecule has 106 valence electrons. The van der Waals surface area contributed by atoms with Gasteiger partial charge in [-0.1, -0.05) is 36.8 Å². The number of rotatable bonds is 5. The topological polar surface area (TPSA) is 38.5 Å². The first kappa shape index (κ1) is 14.5. The molecule has 1 fully saturated rings. The number of nitrogens with two attached hydrogens (primary N) is 1. The van der Waals surface area contributed by atoms with Gasteiger partial charge in [-0.2, -0.15) is 0 Å². The van der Waals surface area contributed by atoms with Crippen LogP contribution in [0.3, 0.4) is 0 Å². The molecule has 0 bridgehead atoms. The molecule has 2 rings (SSSR count). The van der Waals surface area contributed by atoms with Gasteiger partial charge in [0.2, 0.25) is 0 Å². The lowest BCUT2D eigenvalue weighted by molar-refractivity contribution is 0.0971. The maximum absolute atomic E-state index is 6.38. The Morgan fingerprint density at radius 2 is 2.26 bits per heavy atom. The summed E-state index contributed by atoms with van der Waals surface area (Å²) in [5, 5.41) is 0. The Labute approximate surface area is 116 Å². The molecule has 3 heteroatoms. The normalized spacial score (nSPS) is 23.5. The lowest BCUT2D eigenvalue weighted by Gasteiger charge is -2.32. The van der Waals surface area contributed by atoms with Crippen molar-refractivity contribution in [1.82, 2.24) is 4.90 Å². The summed E-state index contributed by atoms with van der Waals surface area (Å²) in [5.41, 5.74) is 9.02. The Kier molecular flexibility index (Phi) is 4.97. The van der Waals surface area contributed by atoms with Gasteiger partial charge in [0.05, 0.1) is 6.10 Å². The lowest BCUT2D eigenvalue weighted by atomic mass is 9.95. The predicted molar refractivity (Wildman–Crippen MR) is 79.2 cm³/mol. The van der Waals surface area contributed by atoms with Crippen LogP contribution in [0.1, 0.15) is 36.9 Å². The minimum absolute atomic E-state index is 0.178. The van der Waals surface area contributed by atoms with E-state index in [1.165, 1.54) is 11.1 Å². The summed E-state index contributed by atoms with van der Waals surface area (Å²) in [5.74, 6) is 0. The second kappa shape index (κ2) is 6.51. The molecule has 1 aliphatic heterocycles. The van der Waals surface area contributed by atoms with Gasteiger partial charge in [-0.3, -0.25) is 4.90 Å². The average molecular weight is 262 g/mol. The summed E-state index contributed by atoms with van der Waals surface area (Å²) in [6, 6.07) is 9.22. The van der Waals surface area contributed by atoms with Crippen LogP contribution in [0, 0.1) is 6.92 Å². The molecule has 3 unspecified atom stereocenters. The third-order valence-electron chi connectivity index (χ3n) is 4.16. The monoisotopic (exact) mass is 262 g/mol. The highest BCUT2D eigenvalue weighted by atomic mass is 16.5. The SMILES string of the molecule is CCC(N)C(c1cccc(C)c1)N1CCC(OC)C1. The predicted octanol–water partition coefficient (Wildman–Crippen LogP) is 2.49. The number of benzene rings is 1. The summed E-state index contributed by atoms with van der Waals surface area (Å²) in [6.07, 6.45) is 2.46. The zero-order valence-electron chi connectivity index (χ0n) is 12.3. The Morgan fingerprint density at radius 3 is 2.84 bits per heavy atom. The third kappa shape index (κ3) is 3.35. The van der Waals surface area contributed by atoms with Gasteiger partial charge in [0.1, 0.15) is 0 Å². The van der Waals surface area contributed by atoms with Crippen LogP contribution in [0.4, 0.5) is 0 Å². The Balaban J connectivity index is 2.21. The van der Waals surface area contributed by atoms with E-state index < -0.39 is 0 Å². The van der Waals surface area contributed by atoms with Crippen molar-refractivity contribution in [3.05, 3.63) is 35.4 Å². The zero-order valence-corrected chi connectivity index (χ0v) is 12.3. The molecule has 3 atom stereocenters. The van der Waals surface area contributed by atoms with E-state index in [0.29, 0.717) is 12.1 Å². The zero-order chi connectivity index (χ0) is 13.8. The average Bonchev–Trinajstić information content (AvgIpc) is 2.87. The summed E-state index contributed by atoms with van der Waals surface area (Å²) in [6.45, 7) is 6.37. The molecule has 0 aliphatic carbocycles. The molecular weight excluding hydrogens is 236 g/mol. The van der Waals surface area contributed by atoms with Crippen molar-refractivity contribution in [1.29, 1.82) is 0 Å². The summed E-state index contributed by atoms with van der Waals surface area (Å²) in [4.78, 5) is 2.48. The molecule has 3 nitrogen and oxygen atoms in total. The Hall–Kier alpha value is -0.900. The van der Waals surface area contributed by atoms with E-state index in [1.54, 1.807) is 7.11 Å². The van der Waals surface area contributed by atoms with Gasteiger partial charge in [0.15, 0.2) is 0 Å². The van der Waals surface area contributed by atoms with Gasteiger partial charge >= 0.3 is 0 Å². The van der Waals surface area contributed by atoms with Gasteiger partial charge in [-0.25, -0.2) is 0 Å². The Morgan fingerprint density at radius 1 is 1.47 bits per heavy atom. The second-order valence-electron chi connectivity index (χ2n) is 5.57. The van der Waals surface area contributed by atoms with Crippen molar-refractivity contribution in [2.75, 3.05) is 20.2 Å². The van der Waals surface area contributed by atoms with Crippen molar-refractivity contribution in [2.45, 2.75) is 44.9 Å². The lowest BCUT2D eigenvalue weighted by Crippen LogP contribution is -2.40. The molecule has 19 heavy (non-hydrogen) atoms. The van der Waals surface area contributed by atoms with E-state index >= 15 is 0 Å². The molecule has 0 saturated carbocycles. The van der Waals surface area contributed by atoms with Gasteiger partial charge in [0.25, 0.3) is 0 Å². The minimum atomic E-state index is 0.178. The van der Waals surface area contributed by atoms with E-state index in [1.807, 2.05) is 0 Å². The molecule has 1 aliphatic rings. The molecule has 0 amide bonds. The molecule has 1 aromatic rings. The molecule has 1 aromatic carbocycles. The van der Waals surface area contributed by atoms with Crippen LogP contribution in [-0.2, 0) is 4.74 Å². The van der Waals surface area contributed by atoms with Crippen LogP contribution in [0.25, 0.3) is 0 Å². The van der Waals surface area contributed by atoms with Gasteiger partial charge in [-0.05, 0) is 25.3 Å². The molecule has 1 saturated heterocycles. The number of nitrogens with zero attached hydrogens (tertiary/aromatic N) is 1. The van der Waals surface area contributed by atoms with Crippen LogP contribution < -0.4 is 5.73 Å². The van der Waals surface area contributed by atoms with E-state index in [0.717, 1.165) is 25.9 Å². The smallest absolute Gasteiger partial charge is 0.0710 e. The standard InChI is InChI=1S/C16H26N2O/c1-4-15(17)16(13-7-5-6-12(2)10-13)18-9-8-14(11-18)19-3/h5-7,10,14-16H,4,8-9,11,17H2,1-3H3. The van der Waals surface area contributed by atoms with E-state index in [2.05, 4.69) is 43.0 Å². The van der Waals surface area contributed by atoms with Crippen LogP contribution >= 0.6 is 0 Å². The second-order valence-corrected chi connectivity index (χ2v) is 5.57. The molecule has 0 aromatic heterocycles. The van der Waals surface area contributed by atoms with Gasteiger partial charge < -0.3 is 10.5 Å². The molecule has 2 N–H and O–H groups in total. The summed E-state index contributed by atoms with van der Waals surface area (Å²) in [7, 11) is 1.80. The van der Waals surface area contributed by atoms with E-state index in [-0.39, 0.29) is 6.04 Å². The number of hydrogen-bond donors (Lipinski definition) is 1. The maximum Gasteiger partial charge on any atom is 0.0710 e. The number of hydrogen-bond acceptors (Lipinski definition) is 3. The summed E-state index contributed by atoms with van der Waals surface area (Å²) < 4.78 is 5.48. The number of methoxy groups -OCH3 is 1. The highest BCUT2D eigenvalue weighted by Crippen LogP contribution is 2.29. The van der Waals surface area contributed by atoms with Crippen molar-refractivity contribution >= 4 is 0 Å². The van der Waals surface area contributed by atoms with Gasteiger partial charge in [0, 0.05) is 32.3 Å². The van der Waals surface area contributed by atoms with E-state index in [9.17, 15) is 0 Å². The first-order valence-corrected chi connectivity index (χ1v) is 7.24. The summed E-state index contributed by atoms with van der Waals surface area (Å²) >= 11 is 0.